The molecule has 2 N–H and O–H groups in total. The van der Waals surface area contributed by atoms with Crippen LogP contribution in [0.2, 0.25) is 0 Å². The van der Waals surface area contributed by atoms with E-state index in [2.05, 4.69) is 17.2 Å². The van der Waals surface area contributed by atoms with Gasteiger partial charge in [-0.25, -0.2) is 9.78 Å². The molecule has 1 heterocycles. The summed E-state index contributed by atoms with van der Waals surface area (Å²) >= 11 is 1.75. The summed E-state index contributed by atoms with van der Waals surface area (Å²) < 4.78 is 0. The van der Waals surface area contributed by atoms with Crippen LogP contribution in [-0.4, -0.2) is 34.1 Å². The minimum Gasteiger partial charge on any atom is -0.478 e. The molecular weight excluding hydrogens is 224 g/mol. The smallest absolute Gasteiger partial charge is 0.335 e. The normalized spacial score (nSPS) is 12.2. The Morgan fingerprint density at radius 3 is 2.88 bits per heavy atom. The van der Waals surface area contributed by atoms with Gasteiger partial charge in [0, 0.05) is 17.5 Å². The van der Waals surface area contributed by atoms with Crippen molar-refractivity contribution in [2.24, 2.45) is 0 Å². The first-order valence-electron chi connectivity index (χ1n) is 5.01. The Labute approximate surface area is 99.5 Å². The quantitative estimate of drug-likeness (QED) is 0.826. The van der Waals surface area contributed by atoms with Crippen molar-refractivity contribution in [2.45, 2.75) is 19.1 Å². The Morgan fingerprint density at radius 2 is 2.31 bits per heavy atom. The predicted octanol–water partition coefficient (Wildman–Crippen LogP) is 2.25. The molecule has 16 heavy (non-hydrogen) atoms. The van der Waals surface area contributed by atoms with Crippen LogP contribution in [0.15, 0.2) is 12.1 Å². The van der Waals surface area contributed by atoms with E-state index in [-0.39, 0.29) is 5.56 Å². The van der Waals surface area contributed by atoms with E-state index in [1.54, 1.807) is 30.8 Å². The molecule has 0 amide bonds. The Hall–Kier alpha value is -1.23. The second-order valence-electron chi connectivity index (χ2n) is 3.61. The predicted molar refractivity (Wildman–Crippen MR) is 67.4 cm³/mol. The maximum atomic E-state index is 10.8. The molecule has 88 valence electrons. The van der Waals surface area contributed by atoms with E-state index in [9.17, 15) is 4.79 Å². The number of thioether (sulfide) groups is 1. The number of aromatic carboxylic acids is 1. The van der Waals surface area contributed by atoms with Gasteiger partial charge >= 0.3 is 5.97 Å². The van der Waals surface area contributed by atoms with Crippen LogP contribution in [0.1, 0.15) is 23.0 Å². The summed E-state index contributed by atoms with van der Waals surface area (Å²) in [7, 11) is 0. The van der Waals surface area contributed by atoms with Gasteiger partial charge in [0.2, 0.25) is 0 Å². The summed E-state index contributed by atoms with van der Waals surface area (Å²) in [5.74, 6) is -0.301. The number of nitrogens with zero attached hydrogens (tertiary/aromatic N) is 1. The van der Waals surface area contributed by atoms with Crippen molar-refractivity contribution in [1.82, 2.24) is 4.98 Å². The lowest BCUT2D eigenvalue weighted by molar-refractivity contribution is 0.0696. The third kappa shape index (κ3) is 3.73. The number of rotatable bonds is 5. The van der Waals surface area contributed by atoms with Crippen LogP contribution in [0.3, 0.4) is 0 Å². The highest BCUT2D eigenvalue weighted by atomic mass is 32.2. The van der Waals surface area contributed by atoms with E-state index < -0.39 is 5.97 Å². The molecular formula is C11H16N2O2S. The molecule has 0 bridgehead atoms. The maximum absolute atomic E-state index is 10.8. The minimum atomic E-state index is -0.925. The van der Waals surface area contributed by atoms with Crippen LogP contribution in [0.4, 0.5) is 5.82 Å². The van der Waals surface area contributed by atoms with Gasteiger partial charge in [-0.15, -0.1) is 0 Å². The van der Waals surface area contributed by atoms with E-state index in [1.165, 1.54) is 0 Å². The number of hydrogen-bond donors (Lipinski definition) is 2. The third-order valence-electron chi connectivity index (χ3n) is 2.17. The Bertz CT molecular complexity index is 382. The van der Waals surface area contributed by atoms with Gasteiger partial charge in [0.1, 0.15) is 5.82 Å². The van der Waals surface area contributed by atoms with Gasteiger partial charge in [-0.2, -0.15) is 11.8 Å². The molecule has 0 aliphatic carbocycles. The van der Waals surface area contributed by atoms with Gasteiger partial charge in [-0.05, 0) is 25.3 Å². The second kappa shape index (κ2) is 5.75. The number of anilines is 1. The Kier molecular flexibility index (Phi) is 4.61. The van der Waals surface area contributed by atoms with Gasteiger partial charge < -0.3 is 10.4 Å². The molecule has 0 aromatic carbocycles. The number of carbonyl (C=O) groups is 1. The highest BCUT2D eigenvalue weighted by molar-refractivity contribution is 7.99. The Balaban J connectivity index is 2.76. The molecule has 1 atom stereocenters. The first-order valence-corrected chi connectivity index (χ1v) is 6.30. The lowest BCUT2D eigenvalue weighted by Crippen LogP contribution is -2.14. The Morgan fingerprint density at radius 1 is 1.62 bits per heavy atom. The maximum Gasteiger partial charge on any atom is 0.335 e. The van der Waals surface area contributed by atoms with Crippen LogP contribution in [0.25, 0.3) is 0 Å². The van der Waals surface area contributed by atoms with Crippen molar-refractivity contribution < 1.29 is 9.90 Å². The molecule has 0 radical (unpaired) electrons. The van der Waals surface area contributed by atoms with Gasteiger partial charge in [-0.3, -0.25) is 0 Å². The first kappa shape index (κ1) is 12.8. The summed E-state index contributed by atoms with van der Waals surface area (Å²) in [5, 5.41) is 12.5. The molecule has 0 spiro atoms. The van der Waals surface area contributed by atoms with Crippen LogP contribution >= 0.6 is 11.8 Å². The minimum absolute atomic E-state index is 0.270. The van der Waals surface area contributed by atoms with Crippen molar-refractivity contribution >= 4 is 23.5 Å². The number of nitrogens with one attached hydrogen (secondary N) is 1. The zero-order valence-electron chi connectivity index (χ0n) is 9.65. The molecule has 1 aromatic rings. The van der Waals surface area contributed by atoms with E-state index in [4.69, 9.17) is 5.11 Å². The zero-order valence-corrected chi connectivity index (χ0v) is 10.5. The molecule has 0 saturated carbocycles. The monoisotopic (exact) mass is 240 g/mol. The number of aryl methyl sites for hydroxylation is 1. The molecule has 0 aliphatic heterocycles. The molecule has 0 saturated heterocycles. The zero-order chi connectivity index (χ0) is 12.1. The number of hydrogen-bond acceptors (Lipinski definition) is 4. The molecule has 1 rings (SSSR count). The lowest BCUT2D eigenvalue weighted by atomic mass is 10.2. The fraction of sp³-hybridized carbons (Fsp3) is 0.455. The van der Waals surface area contributed by atoms with Gasteiger partial charge in [-0.1, -0.05) is 6.92 Å². The number of pyridine rings is 1. The molecule has 4 nitrogen and oxygen atoms in total. The van der Waals surface area contributed by atoms with Gasteiger partial charge in [0.15, 0.2) is 0 Å². The summed E-state index contributed by atoms with van der Waals surface area (Å²) in [5.41, 5.74) is 0.978. The van der Waals surface area contributed by atoms with Crippen LogP contribution in [-0.2, 0) is 0 Å². The van der Waals surface area contributed by atoms with Gasteiger partial charge in [0.05, 0.1) is 5.56 Å². The fourth-order valence-corrected chi connectivity index (χ4v) is 1.46. The van der Waals surface area contributed by atoms with E-state index in [1.807, 2.05) is 6.26 Å². The van der Waals surface area contributed by atoms with Crippen molar-refractivity contribution in [3.63, 3.8) is 0 Å². The second-order valence-corrected chi connectivity index (χ2v) is 4.89. The van der Waals surface area contributed by atoms with E-state index >= 15 is 0 Å². The number of aromatic nitrogens is 1. The SMILES string of the molecule is CSC(C)CNc1cc(C(=O)O)cc(C)n1. The summed E-state index contributed by atoms with van der Waals surface area (Å²) in [4.78, 5) is 15.1. The van der Waals surface area contributed by atoms with Crippen LogP contribution < -0.4 is 5.32 Å². The molecule has 0 fully saturated rings. The van der Waals surface area contributed by atoms with E-state index in [0.29, 0.717) is 16.8 Å². The number of carboxylic acid groups (broad SMARTS) is 1. The molecule has 0 aliphatic rings. The third-order valence-corrected chi connectivity index (χ3v) is 3.14. The average molecular weight is 240 g/mol. The highest BCUT2D eigenvalue weighted by Gasteiger charge is 2.07. The van der Waals surface area contributed by atoms with Gasteiger partial charge in [0.25, 0.3) is 0 Å². The molecule has 5 heteroatoms. The first-order chi connectivity index (χ1) is 7.52. The van der Waals surface area contributed by atoms with E-state index in [0.717, 1.165) is 6.54 Å². The fourth-order valence-electron chi connectivity index (χ4n) is 1.21. The average Bonchev–Trinajstić information content (AvgIpc) is 2.25. The molecule has 1 aromatic heterocycles. The summed E-state index contributed by atoms with van der Waals surface area (Å²) in [6.45, 7) is 4.66. The van der Waals surface area contributed by atoms with Crippen LogP contribution in [0, 0.1) is 6.92 Å². The van der Waals surface area contributed by atoms with Crippen molar-refractivity contribution in [2.75, 3.05) is 18.1 Å². The van der Waals surface area contributed by atoms with Crippen LogP contribution in [0.5, 0.6) is 0 Å². The topological polar surface area (TPSA) is 62.2 Å². The standard InChI is InChI=1S/C11H16N2O2S/c1-7-4-9(11(14)15)5-10(13-7)12-6-8(2)16-3/h4-5,8H,6H2,1-3H3,(H,12,13)(H,14,15). The lowest BCUT2D eigenvalue weighted by Gasteiger charge is -2.11. The largest absolute Gasteiger partial charge is 0.478 e. The number of carboxylic acids is 1. The highest BCUT2D eigenvalue weighted by Crippen LogP contribution is 2.12. The summed E-state index contributed by atoms with van der Waals surface area (Å²) in [6.07, 6.45) is 2.04. The van der Waals surface area contributed by atoms with Crippen molar-refractivity contribution in [3.8, 4) is 0 Å². The van der Waals surface area contributed by atoms with Crippen molar-refractivity contribution in [1.29, 1.82) is 0 Å². The summed E-state index contributed by atoms with van der Waals surface area (Å²) in [6, 6.07) is 3.12. The van der Waals surface area contributed by atoms with Crippen molar-refractivity contribution in [3.05, 3.63) is 23.4 Å². The molecule has 1 unspecified atom stereocenters.